The Morgan fingerprint density at radius 1 is 0.974 bits per heavy atom. The smallest absolute Gasteiger partial charge is 0.354 e. The fourth-order valence-electron chi connectivity index (χ4n) is 5.10. The first-order valence-corrected chi connectivity index (χ1v) is 13.2. The molecule has 2 aliphatic heterocycles. The van der Waals surface area contributed by atoms with E-state index in [1.165, 1.54) is 11.6 Å². The summed E-state index contributed by atoms with van der Waals surface area (Å²) in [6.07, 6.45) is 3.81. The molecule has 196 valence electrons. The summed E-state index contributed by atoms with van der Waals surface area (Å²) in [6, 6.07) is 19.6. The van der Waals surface area contributed by atoms with Crippen molar-refractivity contribution < 1.29 is 19.4 Å². The molecule has 4 aromatic rings. The fourth-order valence-corrected chi connectivity index (χ4v) is 5.10. The van der Waals surface area contributed by atoms with Crippen molar-refractivity contribution in [3.63, 3.8) is 0 Å². The molecule has 0 bridgehead atoms. The highest BCUT2D eigenvalue weighted by atomic mass is 16.5. The van der Waals surface area contributed by atoms with Crippen LogP contribution in [0.2, 0.25) is 0 Å². The number of likely N-dealkylation sites (tertiary alicyclic amines) is 1. The number of carboxylic acids is 1. The van der Waals surface area contributed by atoms with E-state index < -0.39 is 5.97 Å². The van der Waals surface area contributed by atoms with Crippen molar-refractivity contribution in [2.75, 3.05) is 19.7 Å². The Kier molecular flexibility index (Phi) is 7.02. The number of hydrogen-bond donors (Lipinski definition) is 1. The van der Waals surface area contributed by atoms with E-state index in [1.54, 1.807) is 6.07 Å². The lowest BCUT2D eigenvalue weighted by Gasteiger charge is -2.32. The van der Waals surface area contributed by atoms with Gasteiger partial charge < -0.3 is 19.1 Å². The summed E-state index contributed by atoms with van der Waals surface area (Å²) in [5, 5.41) is 9.41. The van der Waals surface area contributed by atoms with Gasteiger partial charge in [-0.15, -0.1) is 0 Å². The molecule has 5 heterocycles. The molecule has 1 atom stereocenters. The molecule has 6 rings (SSSR count). The fraction of sp³-hybridized carbons (Fsp3) is 0.379. The Hall–Kier alpha value is -3.82. The number of pyridine rings is 2. The second-order valence-corrected chi connectivity index (χ2v) is 9.99. The zero-order valence-electron chi connectivity index (χ0n) is 21.2. The molecular formula is C29H31N5O4. The van der Waals surface area contributed by atoms with Crippen LogP contribution in [-0.4, -0.2) is 67.4 Å². The number of nitrogens with zero attached hydrogens (tertiary/aromatic N) is 5. The van der Waals surface area contributed by atoms with Gasteiger partial charge in [-0.2, -0.15) is 0 Å². The van der Waals surface area contributed by atoms with E-state index in [1.807, 2.05) is 41.0 Å². The lowest BCUT2D eigenvalue weighted by atomic mass is 10.1. The average molecular weight is 514 g/mol. The van der Waals surface area contributed by atoms with Gasteiger partial charge in [-0.3, -0.25) is 4.90 Å². The number of fused-ring (bicyclic) bond motifs is 1. The van der Waals surface area contributed by atoms with Gasteiger partial charge in [0.2, 0.25) is 5.88 Å². The van der Waals surface area contributed by atoms with Gasteiger partial charge in [0.1, 0.15) is 17.4 Å². The minimum absolute atomic E-state index is 0.0270. The third kappa shape index (κ3) is 5.54. The van der Waals surface area contributed by atoms with E-state index in [0.29, 0.717) is 30.1 Å². The topological polar surface area (TPSA) is 103 Å². The first-order valence-electron chi connectivity index (χ1n) is 13.2. The van der Waals surface area contributed by atoms with Crippen LogP contribution >= 0.6 is 0 Å². The second-order valence-electron chi connectivity index (χ2n) is 9.99. The van der Waals surface area contributed by atoms with Crippen LogP contribution in [0.25, 0.3) is 11.2 Å². The van der Waals surface area contributed by atoms with Crippen LogP contribution in [-0.2, 0) is 24.2 Å². The minimum Gasteiger partial charge on any atom is -0.477 e. The maximum absolute atomic E-state index is 11.5. The van der Waals surface area contributed by atoms with Crippen molar-refractivity contribution >= 4 is 17.1 Å². The van der Waals surface area contributed by atoms with Crippen LogP contribution < -0.4 is 4.74 Å². The third-order valence-corrected chi connectivity index (χ3v) is 7.27. The van der Waals surface area contributed by atoms with Crippen molar-refractivity contribution in [1.29, 1.82) is 0 Å². The van der Waals surface area contributed by atoms with Crippen LogP contribution in [0, 0.1) is 0 Å². The average Bonchev–Trinajstić information content (AvgIpc) is 3.24. The zero-order valence-corrected chi connectivity index (χ0v) is 21.2. The lowest BCUT2D eigenvalue weighted by Crippen LogP contribution is -2.39. The van der Waals surface area contributed by atoms with E-state index in [-0.39, 0.29) is 17.9 Å². The molecule has 38 heavy (non-hydrogen) atoms. The van der Waals surface area contributed by atoms with Crippen LogP contribution in [0.1, 0.15) is 46.8 Å². The monoisotopic (exact) mass is 513 g/mol. The molecule has 0 unspecified atom stereocenters. The summed E-state index contributed by atoms with van der Waals surface area (Å²) in [5.74, 6) is 0.530. The van der Waals surface area contributed by atoms with Gasteiger partial charge in [0, 0.05) is 37.9 Å². The molecule has 9 heteroatoms. The number of carboxylic acid groups (broad SMARTS) is 1. The quantitative estimate of drug-likeness (QED) is 0.359. The van der Waals surface area contributed by atoms with Gasteiger partial charge >= 0.3 is 5.97 Å². The molecule has 0 spiro atoms. The molecule has 2 saturated heterocycles. The van der Waals surface area contributed by atoms with Crippen LogP contribution in [0.4, 0.5) is 0 Å². The number of rotatable bonds is 9. The van der Waals surface area contributed by atoms with Crippen LogP contribution in [0.3, 0.4) is 0 Å². The normalized spacial score (nSPS) is 18.4. The van der Waals surface area contributed by atoms with E-state index in [4.69, 9.17) is 19.4 Å². The summed E-state index contributed by atoms with van der Waals surface area (Å²) in [4.78, 5) is 27.8. The number of benzene rings is 1. The van der Waals surface area contributed by atoms with Gasteiger partial charge in [0.25, 0.3) is 0 Å². The van der Waals surface area contributed by atoms with Gasteiger partial charge in [0.05, 0.1) is 19.2 Å². The van der Waals surface area contributed by atoms with E-state index in [9.17, 15) is 9.90 Å². The second kappa shape index (κ2) is 10.9. The Bertz CT molecular complexity index is 1410. The number of aromatic nitrogens is 4. The Morgan fingerprint density at radius 3 is 2.53 bits per heavy atom. The molecule has 1 N–H and O–H groups in total. The predicted octanol–water partition coefficient (Wildman–Crippen LogP) is 3.95. The van der Waals surface area contributed by atoms with Gasteiger partial charge in [-0.25, -0.2) is 19.7 Å². The molecule has 1 aromatic carbocycles. The summed E-state index contributed by atoms with van der Waals surface area (Å²) in [5.41, 5.74) is 3.58. The molecule has 0 radical (unpaired) electrons. The van der Waals surface area contributed by atoms with Gasteiger partial charge in [0.15, 0.2) is 11.3 Å². The highest BCUT2D eigenvalue weighted by Crippen LogP contribution is 2.24. The van der Waals surface area contributed by atoms with Crippen molar-refractivity contribution in [2.24, 2.45) is 0 Å². The molecule has 0 amide bonds. The predicted molar refractivity (Wildman–Crippen MR) is 141 cm³/mol. The first-order chi connectivity index (χ1) is 18.6. The number of imidazole rings is 1. The number of hydrogen-bond acceptors (Lipinski definition) is 7. The minimum atomic E-state index is -1.04. The maximum atomic E-state index is 11.5. The first kappa shape index (κ1) is 24.5. The van der Waals surface area contributed by atoms with Crippen LogP contribution in [0.5, 0.6) is 5.88 Å². The Balaban J connectivity index is 1.10. The van der Waals surface area contributed by atoms with E-state index >= 15 is 0 Å². The number of aromatic carboxylic acids is 1. The molecular weight excluding hydrogens is 482 g/mol. The number of piperidine rings is 1. The number of carbonyl (C=O) groups is 1. The van der Waals surface area contributed by atoms with Crippen molar-refractivity contribution in [3.8, 4) is 5.88 Å². The number of ether oxygens (including phenoxy) is 2. The molecule has 0 saturated carbocycles. The molecule has 3 aromatic heterocycles. The van der Waals surface area contributed by atoms with Crippen molar-refractivity contribution in [1.82, 2.24) is 24.4 Å². The molecule has 2 fully saturated rings. The summed E-state index contributed by atoms with van der Waals surface area (Å²) >= 11 is 0. The van der Waals surface area contributed by atoms with Gasteiger partial charge in [-0.1, -0.05) is 36.4 Å². The molecule has 9 nitrogen and oxygen atoms in total. The Labute approximate surface area is 221 Å². The third-order valence-electron chi connectivity index (χ3n) is 7.27. The summed E-state index contributed by atoms with van der Waals surface area (Å²) < 4.78 is 14.0. The van der Waals surface area contributed by atoms with Gasteiger partial charge in [-0.05, 0) is 43.0 Å². The SMILES string of the molecule is O=C(O)c1ccc2nc(CN3CCC(Oc4cccc(Cc5ccccc5)n4)CC3)n(C[C@@H]3CCO3)c2n1. The molecule has 2 aliphatic rings. The highest BCUT2D eigenvalue weighted by molar-refractivity contribution is 5.88. The van der Waals surface area contributed by atoms with Crippen LogP contribution in [0.15, 0.2) is 60.7 Å². The lowest BCUT2D eigenvalue weighted by molar-refractivity contribution is -0.0593. The maximum Gasteiger partial charge on any atom is 0.354 e. The zero-order chi connectivity index (χ0) is 25.9. The standard InChI is InChI=1S/C29H31N5O4/c35-29(36)25-10-9-24-28(32-25)34(18-23-13-16-37-23)26(31-24)19-33-14-11-22(12-15-33)38-27-8-4-7-21(30-27)17-20-5-2-1-3-6-20/h1-10,22-23H,11-19H2,(H,35,36)/t23-/m0/s1. The molecule has 0 aliphatic carbocycles. The summed E-state index contributed by atoms with van der Waals surface area (Å²) in [7, 11) is 0. The van der Waals surface area contributed by atoms with Crippen molar-refractivity contribution in [3.05, 3.63) is 83.4 Å². The van der Waals surface area contributed by atoms with E-state index in [0.717, 1.165) is 56.9 Å². The Morgan fingerprint density at radius 2 is 1.79 bits per heavy atom. The largest absolute Gasteiger partial charge is 0.477 e. The highest BCUT2D eigenvalue weighted by Gasteiger charge is 2.26. The van der Waals surface area contributed by atoms with E-state index in [2.05, 4.69) is 22.0 Å². The summed E-state index contributed by atoms with van der Waals surface area (Å²) in [6.45, 7) is 3.82. The van der Waals surface area contributed by atoms with Crippen molar-refractivity contribution in [2.45, 2.75) is 51.0 Å².